The van der Waals surface area contributed by atoms with Crippen LogP contribution in [-0.2, 0) is 9.59 Å². The molecule has 2 heterocycles. The van der Waals surface area contributed by atoms with Gasteiger partial charge in [-0.05, 0) is 48.9 Å². The Balaban J connectivity index is 1.75. The smallest absolute Gasteiger partial charge is 0.294 e. The normalized spacial score (nSPS) is 19.6. The maximum atomic E-state index is 12.7. The maximum Gasteiger partial charge on any atom is 0.294 e. The molecule has 0 aromatic heterocycles. The average Bonchev–Trinajstić information content (AvgIpc) is 2.86. The van der Waals surface area contributed by atoms with Crippen LogP contribution in [0.15, 0.2) is 23.1 Å². The minimum atomic E-state index is -0.463. The van der Waals surface area contributed by atoms with Crippen molar-refractivity contribution in [1.29, 1.82) is 0 Å². The molecule has 2 aliphatic rings. The zero-order valence-corrected chi connectivity index (χ0v) is 16.6. The number of amides is 3. The van der Waals surface area contributed by atoms with Gasteiger partial charge in [-0.25, -0.2) is 0 Å². The third-order valence-electron chi connectivity index (χ3n) is 4.60. The van der Waals surface area contributed by atoms with Crippen LogP contribution in [0.4, 0.5) is 4.79 Å². The number of carbonyl (C=O) groups is 3. The quantitative estimate of drug-likeness (QED) is 0.709. The van der Waals surface area contributed by atoms with Crippen LogP contribution in [0.2, 0.25) is 5.02 Å². The van der Waals surface area contributed by atoms with Crippen molar-refractivity contribution in [2.45, 2.75) is 25.7 Å². The predicted molar refractivity (Wildman–Crippen MR) is 106 cm³/mol. The van der Waals surface area contributed by atoms with Crippen LogP contribution in [0.5, 0.6) is 5.75 Å². The molecule has 0 aliphatic carbocycles. The van der Waals surface area contributed by atoms with Crippen LogP contribution < -0.4 is 4.74 Å². The Labute approximate surface area is 167 Å². The van der Waals surface area contributed by atoms with Crippen molar-refractivity contribution in [3.63, 3.8) is 0 Å². The number of methoxy groups -OCH3 is 1. The minimum Gasteiger partial charge on any atom is -0.496 e. The van der Waals surface area contributed by atoms with Crippen molar-refractivity contribution in [2.24, 2.45) is 0 Å². The first-order valence-electron chi connectivity index (χ1n) is 8.86. The van der Waals surface area contributed by atoms with Gasteiger partial charge in [0.2, 0.25) is 5.91 Å². The lowest BCUT2D eigenvalue weighted by Gasteiger charge is -2.22. The van der Waals surface area contributed by atoms with E-state index in [0.29, 0.717) is 29.4 Å². The Morgan fingerprint density at radius 3 is 2.59 bits per heavy atom. The van der Waals surface area contributed by atoms with E-state index in [4.69, 9.17) is 16.3 Å². The highest BCUT2D eigenvalue weighted by Gasteiger charge is 2.37. The summed E-state index contributed by atoms with van der Waals surface area (Å²) in [7, 11) is 1.52. The fourth-order valence-corrected chi connectivity index (χ4v) is 4.16. The van der Waals surface area contributed by atoms with E-state index in [-0.39, 0.29) is 17.4 Å². The average molecular weight is 409 g/mol. The molecule has 1 aromatic carbocycles. The summed E-state index contributed by atoms with van der Waals surface area (Å²) < 4.78 is 5.27. The van der Waals surface area contributed by atoms with Crippen molar-refractivity contribution < 1.29 is 19.1 Å². The Morgan fingerprint density at radius 2 is 1.93 bits per heavy atom. The van der Waals surface area contributed by atoms with Crippen LogP contribution in [0, 0.1) is 0 Å². The third-order valence-corrected chi connectivity index (χ3v) is 5.75. The number of likely N-dealkylation sites (tertiary alicyclic amines) is 1. The summed E-state index contributed by atoms with van der Waals surface area (Å²) in [4.78, 5) is 40.5. The number of nitrogens with zero attached hydrogens (tertiary/aromatic N) is 2. The number of imide groups is 1. The predicted octanol–water partition coefficient (Wildman–Crippen LogP) is 3.79. The highest BCUT2D eigenvalue weighted by molar-refractivity contribution is 8.18. The Kier molecular flexibility index (Phi) is 6.44. The summed E-state index contributed by atoms with van der Waals surface area (Å²) in [5.74, 6) is -0.0946. The first-order chi connectivity index (χ1) is 13.0. The molecule has 8 heteroatoms. The summed E-state index contributed by atoms with van der Waals surface area (Å²) in [6.45, 7) is 1.16. The second-order valence-electron chi connectivity index (χ2n) is 6.45. The molecular weight excluding hydrogens is 388 g/mol. The molecule has 1 aromatic rings. The van der Waals surface area contributed by atoms with Gasteiger partial charge in [-0.3, -0.25) is 19.3 Å². The molecule has 6 nitrogen and oxygen atoms in total. The van der Waals surface area contributed by atoms with Gasteiger partial charge >= 0.3 is 0 Å². The highest BCUT2D eigenvalue weighted by atomic mass is 35.5. The van der Waals surface area contributed by atoms with Crippen LogP contribution in [-0.4, -0.2) is 53.6 Å². The SMILES string of the molecule is COc1ccc(Cl)cc1C=C1SC(=O)N(CC(=O)N2CCCCCC2)C1=O. The summed E-state index contributed by atoms with van der Waals surface area (Å²) >= 11 is 6.84. The van der Waals surface area contributed by atoms with E-state index < -0.39 is 11.1 Å². The van der Waals surface area contributed by atoms with Gasteiger partial charge in [0.05, 0.1) is 12.0 Å². The molecule has 0 atom stereocenters. The lowest BCUT2D eigenvalue weighted by molar-refractivity contribution is -0.135. The third kappa shape index (κ3) is 4.65. The molecule has 27 heavy (non-hydrogen) atoms. The van der Waals surface area contributed by atoms with Gasteiger partial charge in [-0.2, -0.15) is 0 Å². The van der Waals surface area contributed by atoms with Crippen LogP contribution in [0.3, 0.4) is 0 Å². The second kappa shape index (κ2) is 8.80. The van der Waals surface area contributed by atoms with E-state index in [0.717, 1.165) is 42.3 Å². The van der Waals surface area contributed by atoms with Gasteiger partial charge in [-0.15, -0.1) is 0 Å². The van der Waals surface area contributed by atoms with Crippen molar-refractivity contribution in [2.75, 3.05) is 26.7 Å². The summed E-state index contributed by atoms with van der Waals surface area (Å²) in [6, 6.07) is 5.04. The molecule has 0 spiro atoms. The number of benzene rings is 1. The second-order valence-corrected chi connectivity index (χ2v) is 7.88. The van der Waals surface area contributed by atoms with Crippen LogP contribution in [0.25, 0.3) is 6.08 Å². The van der Waals surface area contributed by atoms with E-state index in [1.165, 1.54) is 7.11 Å². The standard InChI is InChI=1S/C19H21ClN2O4S/c1-26-15-7-6-14(20)10-13(15)11-16-18(24)22(19(25)27-16)12-17(23)21-8-4-2-3-5-9-21/h6-7,10-11H,2-5,8-9,12H2,1H3. The monoisotopic (exact) mass is 408 g/mol. The molecule has 0 radical (unpaired) electrons. The van der Waals surface area contributed by atoms with Crippen molar-refractivity contribution in [3.05, 3.63) is 33.7 Å². The largest absolute Gasteiger partial charge is 0.496 e. The lowest BCUT2D eigenvalue weighted by atomic mass is 10.2. The van der Waals surface area contributed by atoms with E-state index in [1.807, 2.05) is 0 Å². The molecule has 0 bridgehead atoms. The van der Waals surface area contributed by atoms with Gasteiger partial charge in [0, 0.05) is 23.7 Å². The molecule has 3 amide bonds. The van der Waals surface area contributed by atoms with E-state index >= 15 is 0 Å². The molecule has 3 rings (SSSR count). The van der Waals surface area contributed by atoms with Crippen LogP contribution in [0.1, 0.15) is 31.2 Å². The first-order valence-corrected chi connectivity index (χ1v) is 10.1. The summed E-state index contributed by atoms with van der Waals surface area (Å²) in [6.07, 6.45) is 5.71. The van der Waals surface area contributed by atoms with E-state index in [9.17, 15) is 14.4 Å². The Bertz CT molecular complexity index is 788. The highest BCUT2D eigenvalue weighted by Crippen LogP contribution is 2.34. The molecule has 2 aliphatic heterocycles. The van der Waals surface area contributed by atoms with Gasteiger partial charge in [0.25, 0.3) is 11.1 Å². The maximum absolute atomic E-state index is 12.7. The zero-order chi connectivity index (χ0) is 19.4. The van der Waals surface area contributed by atoms with Crippen molar-refractivity contribution >= 4 is 46.5 Å². The number of thioether (sulfide) groups is 1. The van der Waals surface area contributed by atoms with E-state index in [1.54, 1.807) is 29.2 Å². The number of ether oxygens (including phenoxy) is 1. The van der Waals surface area contributed by atoms with Gasteiger partial charge in [0.1, 0.15) is 12.3 Å². The van der Waals surface area contributed by atoms with Gasteiger partial charge in [0.15, 0.2) is 0 Å². The zero-order valence-electron chi connectivity index (χ0n) is 15.1. The Hall–Kier alpha value is -1.99. The van der Waals surface area contributed by atoms with Gasteiger partial charge < -0.3 is 9.64 Å². The fourth-order valence-electron chi connectivity index (χ4n) is 3.15. The van der Waals surface area contributed by atoms with E-state index in [2.05, 4.69) is 0 Å². The summed E-state index contributed by atoms with van der Waals surface area (Å²) in [5.41, 5.74) is 0.606. The molecule has 0 saturated carbocycles. The number of halogens is 1. The van der Waals surface area contributed by atoms with Crippen molar-refractivity contribution in [3.8, 4) is 5.75 Å². The number of hydrogen-bond donors (Lipinski definition) is 0. The Morgan fingerprint density at radius 1 is 1.22 bits per heavy atom. The topological polar surface area (TPSA) is 66.9 Å². The van der Waals surface area contributed by atoms with Gasteiger partial charge in [-0.1, -0.05) is 24.4 Å². The molecule has 0 N–H and O–H groups in total. The first kappa shape index (κ1) is 19.8. The fraction of sp³-hybridized carbons (Fsp3) is 0.421. The lowest BCUT2D eigenvalue weighted by Crippen LogP contribution is -2.42. The number of rotatable bonds is 4. The number of carbonyl (C=O) groups excluding carboxylic acids is 3. The van der Waals surface area contributed by atoms with Crippen molar-refractivity contribution in [1.82, 2.24) is 9.80 Å². The minimum absolute atomic E-state index is 0.180. The molecule has 0 unspecified atom stereocenters. The number of hydrogen-bond acceptors (Lipinski definition) is 5. The molecule has 2 saturated heterocycles. The van der Waals surface area contributed by atoms with Crippen LogP contribution >= 0.6 is 23.4 Å². The summed E-state index contributed by atoms with van der Waals surface area (Å²) in [5, 5.41) is 0.0630. The molecular formula is C19H21ClN2O4S. The molecule has 144 valence electrons. The molecule has 2 fully saturated rings.